The van der Waals surface area contributed by atoms with Crippen LogP contribution >= 0.6 is 0 Å². The highest BCUT2D eigenvalue weighted by Gasteiger charge is 2.33. The maximum absolute atomic E-state index is 11.2. The van der Waals surface area contributed by atoms with E-state index in [2.05, 4.69) is 30.7 Å². The van der Waals surface area contributed by atoms with Crippen LogP contribution in [0, 0.1) is 6.92 Å². The summed E-state index contributed by atoms with van der Waals surface area (Å²) in [5.74, 6) is 1.28. The molecule has 4 heteroatoms. The Kier molecular flexibility index (Phi) is 5.48. The first-order valence-electron chi connectivity index (χ1n) is 7.92. The molecule has 2 aromatic rings. The van der Waals surface area contributed by atoms with Gasteiger partial charge in [-0.25, -0.2) is 4.79 Å². The third-order valence-electron chi connectivity index (χ3n) is 4.50. The predicted molar refractivity (Wildman–Crippen MR) is 88.8 cm³/mol. The summed E-state index contributed by atoms with van der Waals surface area (Å²) >= 11 is 0. The molecule has 0 radical (unpaired) electrons. The lowest BCUT2D eigenvalue weighted by atomic mass is 9.73. The Balaban J connectivity index is 2.32. The maximum atomic E-state index is 11.2. The van der Waals surface area contributed by atoms with Crippen LogP contribution < -0.4 is 4.74 Å². The molecular formula is C19H24O4. The van der Waals surface area contributed by atoms with Crippen molar-refractivity contribution in [2.24, 2.45) is 0 Å². The molecule has 1 heterocycles. The average molecular weight is 316 g/mol. The number of methoxy groups -OCH3 is 1. The Hall–Kier alpha value is -2.23. The molecule has 0 bridgehead atoms. The summed E-state index contributed by atoms with van der Waals surface area (Å²) < 4.78 is 15.8. The maximum Gasteiger partial charge on any atom is 0.343 e. The van der Waals surface area contributed by atoms with Gasteiger partial charge >= 0.3 is 5.97 Å². The second-order valence-electron chi connectivity index (χ2n) is 5.61. The number of carbonyl (C=O) groups excluding carboxylic acids is 1. The van der Waals surface area contributed by atoms with Gasteiger partial charge in [0.2, 0.25) is 0 Å². The molecule has 1 aromatic heterocycles. The van der Waals surface area contributed by atoms with E-state index in [4.69, 9.17) is 9.15 Å². The number of aryl methyl sites for hydroxylation is 1. The van der Waals surface area contributed by atoms with Crippen molar-refractivity contribution in [3.8, 4) is 5.75 Å². The van der Waals surface area contributed by atoms with Crippen LogP contribution in [0.3, 0.4) is 0 Å². The number of ether oxygens (including phenoxy) is 2. The fourth-order valence-electron chi connectivity index (χ4n) is 3.00. The van der Waals surface area contributed by atoms with Crippen molar-refractivity contribution >= 4 is 5.97 Å². The zero-order chi connectivity index (χ0) is 16.9. The van der Waals surface area contributed by atoms with Gasteiger partial charge in [0.05, 0.1) is 18.8 Å². The number of esters is 1. The van der Waals surface area contributed by atoms with Gasteiger partial charge in [-0.1, -0.05) is 26.0 Å². The van der Waals surface area contributed by atoms with Crippen LogP contribution in [0.1, 0.15) is 43.6 Å². The molecule has 4 nitrogen and oxygen atoms in total. The van der Waals surface area contributed by atoms with Gasteiger partial charge in [0, 0.05) is 0 Å². The van der Waals surface area contributed by atoms with Crippen LogP contribution in [0.15, 0.2) is 41.0 Å². The van der Waals surface area contributed by atoms with Crippen molar-refractivity contribution < 1.29 is 18.7 Å². The molecule has 0 unspecified atom stereocenters. The minimum absolute atomic E-state index is 0.0818. The minimum atomic E-state index is -0.388. The lowest BCUT2D eigenvalue weighted by Gasteiger charge is -2.30. The minimum Gasteiger partial charge on any atom is -0.482 e. The number of benzene rings is 1. The Bertz CT molecular complexity index is 639. The topological polar surface area (TPSA) is 48.7 Å². The zero-order valence-corrected chi connectivity index (χ0v) is 14.2. The summed E-state index contributed by atoms with van der Waals surface area (Å²) in [5, 5.41) is 0. The molecule has 0 aliphatic heterocycles. The molecule has 0 saturated heterocycles. The summed E-state index contributed by atoms with van der Waals surface area (Å²) in [6.07, 6.45) is 3.60. The molecule has 0 saturated carbocycles. The molecule has 0 aliphatic carbocycles. The van der Waals surface area contributed by atoms with Crippen LogP contribution in [0.2, 0.25) is 0 Å². The third-order valence-corrected chi connectivity index (χ3v) is 4.50. The molecule has 1 aromatic carbocycles. The van der Waals surface area contributed by atoms with Gasteiger partial charge in [-0.2, -0.15) is 0 Å². The second-order valence-corrected chi connectivity index (χ2v) is 5.61. The van der Waals surface area contributed by atoms with E-state index in [9.17, 15) is 4.79 Å². The average Bonchev–Trinajstić information content (AvgIpc) is 3.10. The van der Waals surface area contributed by atoms with Crippen molar-refractivity contribution in [3.05, 3.63) is 53.5 Å². The number of carbonyl (C=O) groups is 1. The van der Waals surface area contributed by atoms with Crippen LogP contribution in [-0.4, -0.2) is 19.7 Å². The van der Waals surface area contributed by atoms with E-state index in [1.54, 1.807) is 6.26 Å². The molecule has 0 atom stereocenters. The highest BCUT2D eigenvalue weighted by Crippen LogP contribution is 2.40. The molecule has 0 N–H and O–H groups in total. The smallest absolute Gasteiger partial charge is 0.343 e. The number of rotatable bonds is 7. The number of hydrogen-bond donors (Lipinski definition) is 0. The van der Waals surface area contributed by atoms with Gasteiger partial charge in [-0.15, -0.1) is 0 Å². The monoisotopic (exact) mass is 316 g/mol. The van der Waals surface area contributed by atoms with E-state index < -0.39 is 0 Å². The van der Waals surface area contributed by atoms with Gasteiger partial charge in [0.25, 0.3) is 0 Å². The molecule has 0 fully saturated rings. The molecule has 2 rings (SSSR count). The lowest BCUT2D eigenvalue weighted by molar-refractivity contribution is -0.142. The van der Waals surface area contributed by atoms with Gasteiger partial charge in [-0.3, -0.25) is 0 Å². The summed E-state index contributed by atoms with van der Waals surface area (Å²) in [4.78, 5) is 11.2. The normalized spacial score (nSPS) is 11.3. The van der Waals surface area contributed by atoms with Crippen molar-refractivity contribution in [3.63, 3.8) is 0 Å². The van der Waals surface area contributed by atoms with Crippen LogP contribution in [-0.2, 0) is 14.9 Å². The standard InChI is InChI=1S/C19H24O4/c1-5-19(6-2,17-8-7-11-22-17)15-9-10-16(14(3)12-15)23-13-18(20)21-4/h7-12H,5-6,13H2,1-4H3. The molecule has 0 amide bonds. The zero-order valence-electron chi connectivity index (χ0n) is 14.2. The summed E-state index contributed by atoms with van der Waals surface area (Å²) in [6.45, 7) is 6.24. The van der Waals surface area contributed by atoms with Gasteiger partial charge in [0.15, 0.2) is 6.61 Å². The van der Waals surface area contributed by atoms with Crippen LogP contribution in [0.4, 0.5) is 0 Å². The van der Waals surface area contributed by atoms with Gasteiger partial charge in [-0.05, 0) is 49.1 Å². The van der Waals surface area contributed by atoms with Crippen LogP contribution in [0.5, 0.6) is 5.75 Å². The van der Waals surface area contributed by atoms with E-state index >= 15 is 0 Å². The summed E-state index contributed by atoms with van der Waals surface area (Å²) in [7, 11) is 1.35. The Morgan fingerprint density at radius 3 is 2.48 bits per heavy atom. The summed E-state index contributed by atoms with van der Waals surface area (Å²) in [6, 6.07) is 10.0. The highest BCUT2D eigenvalue weighted by molar-refractivity contribution is 5.70. The Morgan fingerprint density at radius 1 is 1.22 bits per heavy atom. The van der Waals surface area contributed by atoms with Gasteiger partial charge < -0.3 is 13.9 Å². The summed E-state index contributed by atoms with van der Waals surface area (Å²) in [5.41, 5.74) is 2.04. The first-order valence-corrected chi connectivity index (χ1v) is 7.92. The van der Waals surface area contributed by atoms with E-state index in [0.29, 0.717) is 5.75 Å². The van der Waals surface area contributed by atoms with Crippen LogP contribution in [0.25, 0.3) is 0 Å². The van der Waals surface area contributed by atoms with Crippen molar-refractivity contribution in [1.82, 2.24) is 0 Å². The van der Waals surface area contributed by atoms with E-state index in [-0.39, 0.29) is 18.0 Å². The van der Waals surface area contributed by atoms with Crippen molar-refractivity contribution in [1.29, 1.82) is 0 Å². The lowest BCUT2D eigenvalue weighted by Crippen LogP contribution is -2.25. The largest absolute Gasteiger partial charge is 0.482 e. The second kappa shape index (κ2) is 7.36. The fraction of sp³-hybridized carbons (Fsp3) is 0.421. The van der Waals surface area contributed by atoms with Crippen molar-refractivity contribution in [2.75, 3.05) is 13.7 Å². The first kappa shape index (κ1) is 17.1. The fourth-order valence-corrected chi connectivity index (χ4v) is 3.00. The third kappa shape index (κ3) is 3.41. The molecule has 0 aliphatic rings. The number of hydrogen-bond acceptors (Lipinski definition) is 4. The molecule has 23 heavy (non-hydrogen) atoms. The van der Waals surface area contributed by atoms with E-state index in [1.165, 1.54) is 12.7 Å². The van der Waals surface area contributed by atoms with Crippen molar-refractivity contribution in [2.45, 2.75) is 39.0 Å². The van der Waals surface area contributed by atoms with Gasteiger partial charge in [0.1, 0.15) is 11.5 Å². The van der Waals surface area contributed by atoms with E-state index in [1.807, 2.05) is 25.1 Å². The molecule has 0 spiro atoms. The number of furan rings is 1. The molecular weight excluding hydrogens is 292 g/mol. The quantitative estimate of drug-likeness (QED) is 0.717. The van der Waals surface area contributed by atoms with E-state index in [0.717, 1.165) is 24.2 Å². The first-order chi connectivity index (χ1) is 11.1. The Morgan fingerprint density at radius 2 is 1.96 bits per heavy atom. The predicted octanol–water partition coefficient (Wildman–Crippen LogP) is 4.25. The molecule has 124 valence electrons. The SMILES string of the molecule is CCC(CC)(c1ccc(OCC(=O)OC)c(C)c1)c1ccco1. The Labute approximate surface area is 137 Å². The highest BCUT2D eigenvalue weighted by atomic mass is 16.6.